The summed E-state index contributed by atoms with van der Waals surface area (Å²) in [7, 11) is 0. The Bertz CT molecular complexity index is 906. The molecule has 1 fully saturated rings. The van der Waals surface area contributed by atoms with Crippen LogP contribution in [-0.2, 0) is 0 Å². The highest BCUT2D eigenvalue weighted by molar-refractivity contribution is 5.64. The molecule has 2 aliphatic heterocycles. The molecule has 0 spiro atoms. The molecule has 2 aliphatic rings. The van der Waals surface area contributed by atoms with Crippen LogP contribution in [0.1, 0.15) is 30.0 Å². The molecule has 4 rings (SSSR count). The van der Waals surface area contributed by atoms with Crippen molar-refractivity contribution in [3.63, 3.8) is 0 Å². The van der Waals surface area contributed by atoms with Crippen LogP contribution in [0.2, 0.25) is 0 Å². The number of ether oxygens (including phenoxy) is 2. The van der Waals surface area contributed by atoms with Gasteiger partial charge in [0.15, 0.2) is 11.5 Å². The van der Waals surface area contributed by atoms with Gasteiger partial charge >= 0.3 is 0 Å². The highest BCUT2D eigenvalue weighted by Crippen LogP contribution is 2.41. The van der Waals surface area contributed by atoms with E-state index in [4.69, 9.17) is 9.47 Å². The fourth-order valence-electron chi connectivity index (χ4n) is 3.65. The van der Waals surface area contributed by atoms with Crippen molar-refractivity contribution >= 4 is 11.4 Å². The van der Waals surface area contributed by atoms with Crippen LogP contribution in [0, 0.1) is 21.4 Å². The van der Waals surface area contributed by atoms with Crippen molar-refractivity contribution in [2.45, 2.75) is 18.9 Å². The number of benzene rings is 2. The van der Waals surface area contributed by atoms with E-state index in [0.29, 0.717) is 18.8 Å². The van der Waals surface area contributed by atoms with Crippen LogP contribution >= 0.6 is 0 Å². The molecule has 0 aliphatic carbocycles. The van der Waals surface area contributed by atoms with Gasteiger partial charge in [-0.25, -0.2) is 0 Å². The Kier molecular flexibility index (Phi) is 4.09. The molecule has 0 saturated carbocycles. The monoisotopic (exact) mass is 351 g/mol. The molecule has 0 unspecified atom stereocenters. The van der Waals surface area contributed by atoms with Gasteiger partial charge in [-0.05, 0) is 36.6 Å². The maximum absolute atomic E-state index is 11.0. The summed E-state index contributed by atoms with van der Waals surface area (Å²) in [5.74, 6) is 1.49. The molecule has 0 aromatic heterocycles. The number of nitro groups is 1. The molecule has 2 aromatic carbocycles. The zero-order valence-corrected chi connectivity index (χ0v) is 14.1. The highest BCUT2D eigenvalue weighted by Gasteiger charge is 2.29. The molecule has 2 aromatic rings. The van der Waals surface area contributed by atoms with E-state index in [-0.39, 0.29) is 11.7 Å². The van der Waals surface area contributed by atoms with Crippen LogP contribution < -0.4 is 14.4 Å². The van der Waals surface area contributed by atoms with Gasteiger partial charge in [-0.3, -0.25) is 10.1 Å². The van der Waals surface area contributed by atoms with Crippen LogP contribution in [0.15, 0.2) is 36.4 Å². The maximum atomic E-state index is 11.0. The van der Waals surface area contributed by atoms with E-state index in [2.05, 4.69) is 11.0 Å². The predicted molar refractivity (Wildman–Crippen MR) is 94.6 cm³/mol. The Morgan fingerprint density at radius 3 is 2.73 bits per heavy atom. The van der Waals surface area contributed by atoms with E-state index in [1.54, 1.807) is 6.07 Å². The lowest BCUT2D eigenvalue weighted by Gasteiger charge is -2.29. The number of hydrogen-bond donors (Lipinski definition) is 0. The summed E-state index contributed by atoms with van der Waals surface area (Å²) in [5.41, 5.74) is 2.08. The third-order valence-corrected chi connectivity index (χ3v) is 4.82. The summed E-state index contributed by atoms with van der Waals surface area (Å²) >= 11 is 0. The zero-order chi connectivity index (χ0) is 18.1. The lowest BCUT2D eigenvalue weighted by Crippen LogP contribution is -2.24. The first kappa shape index (κ1) is 16.2. The Hall–Kier alpha value is -3.27. The largest absolute Gasteiger partial charge is 0.486 e. The van der Waals surface area contributed by atoms with Gasteiger partial charge < -0.3 is 14.4 Å². The summed E-state index contributed by atoms with van der Waals surface area (Å²) in [5, 5.41) is 20.4. The first-order chi connectivity index (χ1) is 12.7. The van der Waals surface area contributed by atoms with Crippen molar-refractivity contribution < 1.29 is 14.4 Å². The molecule has 0 radical (unpaired) electrons. The maximum Gasteiger partial charge on any atom is 0.270 e. The number of hydrogen-bond acceptors (Lipinski definition) is 6. The molecule has 26 heavy (non-hydrogen) atoms. The third-order valence-electron chi connectivity index (χ3n) is 4.82. The molecule has 1 atom stereocenters. The Morgan fingerprint density at radius 2 is 1.96 bits per heavy atom. The Labute approximate surface area is 150 Å². The molecule has 0 bridgehead atoms. The van der Waals surface area contributed by atoms with Gasteiger partial charge in [0.05, 0.1) is 22.2 Å². The van der Waals surface area contributed by atoms with E-state index in [1.807, 2.05) is 18.2 Å². The molecule has 7 heteroatoms. The minimum absolute atomic E-state index is 0.0691. The second kappa shape index (κ2) is 6.56. The first-order valence-electron chi connectivity index (χ1n) is 8.52. The number of anilines is 1. The van der Waals surface area contributed by atoms with Gasteiger partial charge in [0.2, 0.25) is 0 Å². The quantitative estimate of drug-likeness (QED) is 0.620. The van der Waals surface area contributed by atoms with Crippen molar-refractivity contribution in [3.05, 3.63) is 57.6 Å². The number of nitro benzene ring substituents is 1. The Morgan fingerprint density at radius 1 is 1.15 bits per heavy atom. The highest BCUT2D eigenvalue weighted by atomic mass is 16.6. The average molecular weight is 351 g/mol. The van der Waals surface area contributed by atoms with Crippen molar-refractivity contribution in [1.29, 1.82) is 5.26 Å². The van der Waals surface area contributed by atoms with E-state index in [0.717, 1.165) is 42.1 Å². The van der Waals surface area contributed by atoms with E-state index in [1.165, 1.54) is 12.1 Å². The molecule has 132 valence electrons. The van der Waals surface area contributed by atoms with Gasteiger partial charge in [0.25, 0.3) is 5.69 Å². The first-order valence-corrected chi connectivity index (χ1v) is 8.52. The second-order valence-corrected chi connectivity index (χ2v) is 6.32. The topological polar surface area (TPSA) is 88.6 Å². The van der Waals surface area contributed by atoms with Crippen molar-refractivity contribution in [2.24, 2.45) is 0 Å². The molecular weight excluding hydrogens is 334 g/mol. The standard InChI is InChI=1S/C19H17N3O4/c20-12-14-10-15(22(23)24)4-5-17(14)21-7-1-2-16(21)13-3-6-18-19(11-13)26-9-8-25-18/h3-6,10-11,16H,1-2,7-9H2/t16-/m0/s1. The van der Waals surface area contributed by atoms with E-state index >= 15 is 0 Å². The van der Waals surface area contributed by atoms with Gasteiger partial charge in [0.1, 0.15) is 19.3 Å². The summed E-state index contributed by atoms with van der Waals surface area (Å²) in [6.45, 7) is 1.88. The predicted octanol–water partition coefficient (Wildman–Crippen LogP) is 3.58. The summed E-state index contributed by atoms with van der Waals surface area (Å²) in [4.78, 5) is 12.6. The van der Waals surface area contributed by atoms with Gasteiger partial charge in [0, 0.05) is 18.7 Å². The van der Waals surface area contributed by atoms with Crippen LogP contribution in [0.25, 0.3) is 0 Å². The second-order valence-electron chi connectivity index (χ2n) is 6.32. The normalized spacial score (nSPS) is 18.4. The van der Waals surface area contributed by atoms with Gasteiger partial charge in [-0.15, -0.1) is 0 Å². The van der Waals surface area contributed by atoms with Crippen LogP contribution in [0.5, 0.6) is 11.5 Å². The number of fused-ring (bicyclic) bond motifs is 1. The van der Waals surface area contributed by atoms with Gasteiger partial charge in [-0.2, -0.15) is 5.26 Å². The molecule has 0 amide bonds. The van der Waals surface area contributed by atoms with Crippen LogP contribution in [0.4, 0.5) is 11.4 Å². The zero-order valence-electron chi connectivity index (χ0n) is 14.1. The van der Waals surface area contributed by atoms with Crippen molar-refractivity contribution in [3.8, 4) is 17.6 Å². The third kappa shape index (κ3) is 2.80. The van der Waals surface area contributed by atoms with E-state index < -0.39 is 4.92 Å². The van der Waals surface area contributed by atoms with E-state index in [9.17, 15) is 15.4 Å². The number of non-ortho nitro benzene ring substituents is 1. The number of rotatable bonds is 3. The fraction of sp³-hybridized carbons (Fsp3) is 0.316. The molecule has 7 nitrogen and oxygen atoms in total. The fourth-order valence-corrected chi connectivity index (χ4v) is 3.65. The summed E-state index contributed by atoms with van der Waals surface area (Å²) in [6.07, 6.45) is 1.93. The summed E-state index contributed by atoms with van der Waals surface area (Å²) < 4.78 is 11.3. The number of nitriles is 1. The molecule has 1 saturated heterocycles. The SMILES string of the molecule is N#Cc1cc([N+](=O)[O-])ccc1N1CCC[C@H]1c1ccc2c(c1)OCCO2. The van der Waals surface area contributed by atoms with Crippen molar-refractivity contribution in [1.82, 2.24) is 0 Å². The molecule has 2 heterocycles. The minimum atomic E-state index is -0.479. The van der Waals surface area contributed by atoms with Gasteiger partial charge in [-0.1, -0.05) is 6.07 Å². The van der Waals surface area contributed by atoms with Crippen LogP contribution in [-0.4, -0.2) is 24.7 Å². The molecular formula is C19H17N3O4. The minimum Gasteiger partial charge on any atom is -0.486 e. The number of nitrogens with zero attached hydrogens (tertiary/aromatic N) is 3. The summed E-state index contributed by atoms with van der Waals surface area (Å²) in [6, 6.07) is 12.6. The lowest BCUT2D eigenvalue weighted by molar-refractivity contribution is -0.384. The average Bonchev–Trinajstić information content (AvgIpc) is 3.16. The van der Waals surface area contributed by atoms with Crippen molar-refractivity contribution in [2.75, 3.05) is 24.7 Å². The van der Waals surface area contributed by atoms with Crippen LogP contribution in [0.3, 0.4) is 0 Å². The lowest BCUT2D eigenvalue weighted by atomic mass is 10.0. The molecule has 0 N–H and O–H groups in total. The Balaban J connectivity index is 1.69. The smallest absolute Gasteiger partial charge is 0.270 e.